The van der Waals surface area contributed by atoms with Crippen LogP contribution in [0.5, 0.6) is 0 Å². The molecule has 4 heterocycles. The Balaban J connectivity index is 1.43. The van der Waals surface area contributed by atoms with E-state index >= 15 is 0 Å². The van der Waals surface area contributed by atoms with Crippen LogP contribution in [0.3, 0.4) is 0 Å². The van der Waals surface area contributed by atoms with Crippen molar-refractivity contribution < 1.29 is 23.5 Å². The number of carbonyl (C=O) groups is 2. The number of nitrogens with zero attached hydrogens (tertiary/aromatic N) is 4. The number of fused-ring (bicyclic) bond motifs is 1. The Hall–Kier alpha value is -3.69. The predicted octanol–water partition coefficient (Wildman–Crippen LogP) is 3.44. The van der Waals surface area contributed by atoms with E-state index < -0.39 is 17.7 Å². The molecule has 2 aliphatic rings. The lowest BCUT2D eigenvalue weighted by Crippen LogP contribution is -2.37. The summed E-state index contributed by atoms with van der Waals surface area (Å²) in [5, 5.41) is 11.3. The third-order valence-corrected chi connectivity index (χ3v) is 6.41. The van der Waals surface area contributed by atoms with E-state index in [1.807, 2.05) is 11.0 Å². The summed E-state index contributed by atoms with van der Waals surface area (Å²) in [6.07, 6.45) is 4.28. The van der Waals surface area contributed by atoms with Gasteiger partial charge in [-0.05, 0) is 49.6 Å². The summed E-state index contributed by atoms with van der Waals surface area (Å²) in [5.74, 6) is -1.15. The first-order chi connectivity index (χ1) is 15.9. The van der Waals surface area contributed by atoms with Gasteiger partial charge in [0.05, 0.1) is 24.0 Å². The highest BCUT2D eigenvalue weighted by atomic mass is 19.1. The Morgan fingerprint density at radius 2 is 1.97 bits per heavy atom. The van der Waals surface area contributed by atoms with Gasteiger partial charge in [-0.25, -0.2) is 18.6 Å². The smallest absolute Gasteiger partial charge is 0.404 e. The molecule has 0 aliphatic carbocycles. The average molecular weight is 455 g/mol. The first kappa shape index (κ1) is 21.2. The van der Waals surface area contributed by atoms with E-state index in [1.54, 1.807) is 21.6 Å². The number of rotatable bonds is 4. The third-order valence-electron chi connectivity index (χ3n) is 6.41. The van der Waals surface area contributed by atoms with Crippen molar-refractivity contribution in [3.63, 3.8) is 0 Å². The number of amides is 2. The van der Waals surface area contributed by atoms with Gasteiger partial charge in [-0.3, -0.25) is 9.20 Å². The van der Waals surface area contributed by atoms with Crippen molar-refractivity contribution in [3.05, 3.63) is 65.6 Å². The number of hydrogen-bond acceptors (Lipinski definition) is 4. The van der Waals surface area contributed by atoms with Gasteiger partial charge in [-0.1, -0.05) is 0 Å². The van der Waals surface area contributed by atoms with E-state index in [0.717, 1.165) is 24.2 Å². The van der Waals surface area contributed by atoms with Gasteiger partial charge < -0.3 is 20.2 Å². The molecule has 1 aromatic carbocycles. The number of halogens is 2. The number of nitrogens with one attached hydrogen (secondary N) is 1. The van der Waals surface area contributed by atoms with Crippen molar-refractivity contribution in [3.8, 4) is 0 Å². The van der Waals surface area contributed by atoms with E-state index in [0.29, 0.717) is 49.4 Å². The summed E-state index contributed by atoms with van der Waals surface area (Å²) in [5.41, 5.74) is 2.07. The van der Waals surface area contributed by atoms with Crippen LogP contribution in [0.2, 0.25) is 0 Å². The maximum Gasteiger partial charge on any atom is 0.404 e. The van der Waals surface area contributed by atoms with Crippen molar-refractivity contribution in [1.82, 2.24) is 19.6 Å². The molecule has 2 fully saturated rings. The fraction of sp³-hybridized carbons (Fsp3) is 0.348. The van der Waals surface area contributed by atoms with Crippen LogP contribution in [0.15, 0.2) is 42.7 Å². The molecule has 2 atom stereocenters. The monoisotopic (exact) mass is 455 g/mol. The van der Waals surface area contributed by atoms with E-state index in [2.05, 4.69) is 10.3 Å². The van der Waals surface area contributed by atoms with Crippen LogP contribution in [0.25, 0.3) is 5.65 Å². The minimum Gasteiger partial charge on any atom is -0.465 e. The number of anilines is 1. The van der Waals surface area contributed by atoms with Crippen LogP contribution in [0.4, 0.5) is 19.3 Å². The van der Waals surface area contributed by atoms with Crippen molar-refractivity contribution in [2.45, 2.75) is 31.3 Å². The summed E-state index contributed by atoms with van der Waals surface area (Å²) in [7, 11) is 0. The Bertz CT molecular complexity index is 1230. The molecule has 33 heavy (non-hydrogen) atoms. The standard InChI is InChI=1S/C23H23F2N5O3/c24-14-3-5-18(25)17(10-14)19-2-1-8-29(19)16-4-6-21-26-11-20(30(21)13-16)22(31)28-9-7-15(12-28)27-23(32)33/h3-6,10-11,13,15,19,27H,1-2,7-9,12H2,(H,32,33)/t15-,19-/m0/s1. The Morgan fingerprint density at radius 1 is 1.12 bits per heavy atom. The molecule has 2 N–H and O–H groups in total. The topological polar surface area (TPSA) is 90.2 Å². The predicted molar refractivity (Wildman–Crippen MR) is 116 cm³/mol. The SMILES string of the molecule is O=C(O)N[C@H]1CCN(C(=O)c2cnc3ccc(N4CCC[C@H]4c4cc(F)ccc4F)cn23)C1. The Morgan fingerprint density at radius 3 is 2.79 bits per heavy atom. The number of carboxylic acid groups (broad SMARTS) is 1. The number of carbonyl (C=O) groups excluding carboxylic acids is 1. The largest absolute Gasteiger partial charge is 0.465 e. The summed E-state index contributed by atoms with van der Waals surface area (Å²) in [6.45, 7) is 1.42. The second-order valence-electron chi connectivity index (χ2n) is 8.46. The number of likely N-dealkylation sites (tertiary alicyclic amines) is 1. The van der Waals surface area contributed by atoms with Gasteiger partial charge in [-0.15, -0.1) is 0 Å². The zero-order chi connectivity index (χ0) is 23.1. The van der Waals surface area contributed by atoms with Gasteiger partial charge >= 0.3 is 6.09 Å². The summed E-state index contributed by atoms with van der Waals surface area (Å²) in [6, 6.07) is 6.58. The van der Waals surface area contributed by atoms with Crippen LogP contribution < -0.4 is 10.2 Å². The number of aromatic nitrogens is 2. The molecule has 0 bridgehead atoms. The van der Waals surface area contributed by atoms with Gasteiger partial charge in [0.1, 0.15) is 23.0 Å². The molecule has 2 aliphatic heterocycles. The maximum absolute atomic E-state index is 14.5. The molecule has 2 amide bonds. The molecule has 3 aromatic rings. The molecule has 0 unspecified atom stereocenters. The molecule has 0 saturated carbocycles. The van der Waals surface area contributed by atoms with Crippen molar-refractivity contribution in [2.24, 2.45) is 0 Å². The number of hydrogen-bond donors (Lipinski definition) is 2. The zero-order valence-electron chi connectivity index (χ0n) is 17.7. The van der Waals surface area contributed by atoms with Crippen molar-refractivity contribution >= 4 is 23.3 Å². The molecule has 10 heteroatoms. The molecule has 0 radical (unpaired) electrons. The van der Waals surface area contributed by atoms with Crippen LogP contribution in [-0.2, 0) is 0 Å². The average Bonchev–Trinajstić information content (AvgIpc) is 3.53. The van der Waals surface area contributed by atoms with E-state index in [-0.39, 0.29) is 18.0 Å². The van der Waals surface area contributed by atoms with Gasteiger partial charge in [0, 0.05) is 31.4 Å². The molecule has 8 nitrogen and oxygen atoms in total. The molecular weight excluding hydrogens is 432 g/mol. The second-order valence-corrected chi connectivity index (χ2v) is 8.46. The third kappa shape index (κ3) is 3.96. The number of benzene rings is 1. The highest BCUT2D eigenvalue weighted by molar-refractivity contribution is 5.93. The summed E-state index contributed by atoms with van der Waals surface area (Å²) in [4.78, 5) is 32.0. The molecular formula is C23H23F2N5O3. The number of imidazole rings is 1. The normalized spacial score (nSPS) is 20.5. The highest BCUT2D eigenvalue weighted by Gasteiger charge is 2.31. The second kappa shape index (κ2) is 8.34. The van der Waals surface area contributed by atoms with Crippen LogP contribution in [0, 0.1) is 11.6 Å². The van der Waals surface area contributed by atoms with Gasteiger partial charge in [0.25, 0.3) is 5.91 Å². The first-order valence-electron chi connectivity index (χ1n) is 10.9. The van der Waals surface area contributed by atoms with Crippen LogP contribution >= 0.6 is 0 Å². The molecule has 0 spiro atoms. The Labute approximate surface area is 188 Å². The van der Waals surface area contributed by atoms with Crippen molar-refractivity contribution in [2.75, 3.05) is 24.5 Å². The van der Waals surface area contributed by atoms with E-state index in [9.17, 15) is 18.4 Å². The summed E-state index contributed by atoms with van der Waals surface area (Å²) >= 11 is 0. The lowest BCUT2D eigenvalue weighted by Gasteiger charge is -2.27. The minimum atomic E-state index is -1.11. The lowest BCUT2D eigenvalue weighted by molar-refractivity contribution is 0.0781. The van der Waals surface area contributed by atoms with E-state index in [1.165, 1.54) is 12.3 Å². The molecule has 172 valence electrons. The van der Waals surface area contributed by atoms with E-state index in [4.69, 9.17) is 5.11 Å². The van der Waals surface area contributed by atoms with Crippen molar-refractivity contribution in [1.29, 1.82) is 0 Å². The maximum atomic E-state index is 14.5. The minimum absolute atomic E-state index is 0.233. The van der Waals surface area contributed by atoms with Crippen LogP contribution in [0.1, 0.15) is 41.4 Å². The zero-order valence-corrected chi connectivity index (χ0v) is 17.7. The van der Waals surface area contributed by atoms with Gasteiger partial charge in [-0.2, -0.15) is 0 Å². The molecule has 2 aromatic heterocycles. The fourth-order valence-corrected chi connectivity index (χ4v) is 4.87. The highest BCUT2D eigenvalue weighted by Crippen LogP contribution is 2.37. The fourth-order valence-electron chi connectivity index (χ4n) is 4.87. The number of pyridine rings is 1. The Kier molecular flexibility index (Phi) is 5.35. The molecule has 5 rings (SSSR count). The lowest BCUT2D eigenvalue weighted by atomic mass is 10.0. The van der Waals surface area contributed by atoms with Gasteiger partial charge in [0.15, 0.2) is 0 Å². The molecule has 2 saturated heterocycles. The first-order valence-corrected chi connectivity index (χ1v) is 10.9. The van der Waals surface area contributed by atoms with Gasteiger partial charge in [0.2, 0.25) is 0 Å². The van der Waals surface area contributed by atoms with Crippen LogP contribution in [-0.4, -0.2) is 57.1 Å². The quantitative estimate of drug-likeness (QED) is 0.629. The summed E-state index contributed by atoms with van der Waals surface area (Å²) < 4.78 is 30.0.